The first-order chi connectivity index (χ1) is 15.2. The minimum atomic E-state index is -1.20. The number of benzene rings is 1. The van der Waals surface area contributed by atoms with Crippen LogP contribution in [0.5, 0.6) is 5.75 Å². The van der Waals surface area contributed by atoms with E-state index in [0.717, 1.165) is 0 Å². The highest BCUT2D eigenvalue weighted by molar-refractivity contribution is 6.00. The van der Waals surface area contributed by atoms with Crippen molar-refractivity contribution in [2.24, 2.45) is 4.99 Å². The molecule has 2 rings (SSSR count). The average Bonchev–Trinajstić information content (AvgIpc) is 2.72. The van der Waals surface area contributed by atoms with E-state index in [2.05, 4.69) is 32.8 Å². The summed E-state index contributed by atoms with van der Waals surface area (Å²) >= 11 is 0. The minimum absolute atomic E-state index is 0.0607. The Hall–Kier alpha value is -3.64. The number of amides is 2. The number of nitrogens with one attached hydrogen (secondary N) is 4. The second-order valence-electron chi connectivity index (χ2n) is 7.16. The number of carbonyl (C=O) groups is 3. The molecule has 174 valence electrons. The molecule has 0 fully saturated rings. The van der Waals surface area contributed by atoms with Crippen LogP contribution in [0.4, 0.5) is 5.69 Å². The Labute approximate surface area is 184 Å². The van der Waals surface area contributed by atoms with Crippen molar-refractivity contribution in [2.75, 3.05) is 25.0 Å². The molecule has 0 saturated carbocycles. The van der Waals surface area contributed by atoms with E-state index in [1.807, 2.05) is 0 Å². The fourth-order valence-corrected chi connectivity index (χ4v) is 2.89. The normalized spacial score (nSPS) is 17.2. The van der Waals surface area contributed by atoms with Gasteiger partial charge in [-0.2, -0.15) is 0 Å². The molecule has 0 radical (unpaired) electrons. The molecule has 0 saturated heterocycles. The lowest BCUT2D eigenvalue weighted by molar-refractivity contribution is -0.138. The molecule has 0 spiro atoms. The number of β-amino-alcohol motifs (C(OH)–C–C–N with tert-alkyl or cyclic N) is 1. The maximum absolute atomic E-state index is 12.4. The molecule has 12 heteroatoms. The second-order valence-corrected chi connectivity index (χ2v) is 7.16. The lowest BCUT2D eigenvalue weighted by atomic mass is 10.0. The number of nitrogens with zero attached hydrogens (tertiary/aromatic N) is 1. The number of hydrogen-bond donors (Lipinski definition) is 8. The molecule has 1 heterocycles. The van der Waals surface area contributed by atoms with Crippen LogP contribution in [0.25, 0.3) is 0 Å². The van der Waals surface area contributed by atoms with Gasteiger partial charge in [0.1, 0.15) is 5.75 Å². The molecule has 1 aliphatic rings. The number of phenols is 1. The molecular formula is C20H27N5O7. The molecule has 3 atom stereocenters. The number of carboxylic acid groups (broad SMARTS) is 1. The van der Waals surface area contributed by atoms with Crippen LogP contribution in [0.1, 0.15) is 23.2 Å². The maximum Gasteiger partial charge on any atom is 0.305 e. The topological polar surface area (TPSA) is 193 Å². The monoisotopic (exact) mass is 449 g/mol. The number of aromatic hydroxyl groups is 1. The van der Waals surface area contributed by atoms with Crippen molar-refractivity contribution in [1.29, 1.82) is 0 Å². The van der Waals surface area contributed by atoms with E-state index in [1.54, 1.807) is 0 Å². The molecule has 1 aromatic carbocycles. The van der Waals surface area contributed by atoms with Gasteiger partial charge < -0.3 is 41.7 Å². The first-order valence-corrected chi connectivity index (χ1v) is 9.83. The van der Waals surface area contributed by atoms with Gasteiger partial charge in [-0.05, 0) is 18.6 Å². The smallest absolute Gasteiger partial charge is 0.305 e. The van der Waals surface area contributed by atoms with Gasteiger partial charge in [-0.25, -0.2) is 0 Å². The van der Waals surface area contributed by atoms with Crippen molar-refractivity contribution in [3.8, 4) is 5.75 Å². The van der Waals surface area contributed by atoms with Gasteiger partial charge in [0.15, 0.2) is 5.96 Å². The van der Waals surface area contributed by atoms with Crippen LogP contribution in [0, 0.1) is 0 Å². The molecule has 0 aliphatic carbocycles. The summed E-state index contributed by atoms with van der Waals surface area (Å²) in [6, 6.07) is 2.97. The van der Waals surface area contributed by atoms with Gasteiger partial charge in [-0.15, -0.1) is 6.58 Å². The molecule has 3 unspecified atom stereocenters. The Balaban J connectivity index is 1.96. The van der Waals surface area contributed by atoms with E-state index in [1.165, 1.54) is 24.3 Å². The fraction of sp³-hybridized carbons (Fsp3) is 0.400. The molecule has 32 heavy (non-hydrogen) atoms. The van der Waals surface area contributed by atoms with Crippen LogP contribution in [0.2, 0.25) is 0 Å². The van der Waals surface area contributed by atoms with Crippen LogP contribution in [0.15, 0.2) is 35.8 Å². The number of aliphatic imine (C=N–C) groups is 1. The van der Waals surface area contributed by atoms with Gasteiger partial charge in [0.25, 0.3) is 5.91 Å². The molecule has 1 aliphatic heterocycles. The number of aliphatic carboxylic acids is 1. The third kappa shape index (κ3) is 7.89. The van der Waals surface area contributed by atoms with Crippen molar-refractivity contribution in [2.45, 2.75) is 31.1 Å². The van der Waals surface area contributed by atoms with E-state index >= 15 is 0 Å². The van der Waals surface area contributed by atoms with Crippen molar-refractivity contribution < 1.29 is 34.8 Å². The second kappa shape index (κ2) is 11.7. The molecule has 8 N–H and O–H groups in total. The van der Waals surface area contributed by atoms with Gasteiger partial charge in [0.2, 0.25) is 5.91 Å². The van der Waals surface area contributed by atoms with Crippen molar-refractivity contribution >= 4 is 29.4 Å². The predicted octanol–water partition coefficient (Wildman–Crippen LogP) is -1.25. The summed E-state index contributed by atoms with van der Waals surface area (Å²) < 4.78 is 0. The molecule has 0 aromatic heterocycles. The van der Waals surface area contributed by atoms with Crippen LogP contribution < -0.4 is 21.3 Å². The number of aliphatic hydroxyl groups excluding tert-OH is 2. The van der Waals surface area contributed by atoms with E-state index in [9.17, 15) is 29.7 Å². The summed E-state index contributed by atoms with van der Waals surface area (Å²) in [4.78, 5) is 39.6. The lowest BCUT2D eigenvalue weighted by Gasteiger charge is -2.22. The number of hydrogen-bond acceptors (Lipinski definition) is 9. The van der Waals surface area contributed by atoms with E-state index in [4.69, 9.17) is 5.11 Å². The fourth-order valence-electron chi connectivity index (χ4n) is 2.89. The van der Waals surface area contributed by atoms with E-state index in [0.29, 0.717) is 18.2 Å². The summed E-state index contributed by atoms with van der Waals surface area (Å²) in [5, 5.41) is 48.8. The summed E-state index contributed by atoms with van der Waals surface area (Å²) in [5.41, 5.74) is 0.418. The quantitative estimate of drug-likeness (QED) is 0.202. The zero-order valence-corrected chi connectivity index (χ0v) is 17.2. The van der Waals surface area contributed by atoms with Crippen molar-refractivity contribution in [3.05, 3.63) is 36.4 Å². The number of carbonyl (C=O) groups excluding carboxylic acids is 2. The van der Waals surface area contributed by atoms with Gasteiger partial charge >= 0.3 is 5.97 Å². The Bertz CT molecular complexity index is 889. The molecule has 1 aromatic rings. The molecule has 0 bridgehead atoms. The first kappa shape index (κ1) is 24.6. The Kier molecular flexibility index (Phi) is 8.98. The Morgan fingerprint density at radius 1 is 1.31 bits per heavy atom. The summed E-state index contributed by atoms with van der Waals surface area (Å²) in [7, 11) is 0. The Morgan fingerprint density at radius 3 is 2.69 bits per heavy atom. The van der Waals surface area contributed by atoms with Crippen LogP contribution >= 0.6 is 0 Å². The van der Waals surface area contributed by atoms with Crippen molar-refractivity contribution in [1.82, 2.24) is 16.0 Å². The number of phenolic OH excluding ortho intramolecular Hbond substituents is 1. The van der Waals surface area contributed by atoms with Gasteiger partial charge in [-0.3, -0.25) is 19.4 Å². The summed E-state index contributed by atoms with van der Waals surface area (Å²) in [5.74, 6) is -2.38. The van der Waals surface area contributed by atoms with E-state index < -0.39 is 49.0 Å². The number of aliphatic hydroxyl groups is 2. The third-order valence-corrected chi connectivity index (χ3v) is 4.43. The average molecular weight is 449 g/mol. The summed E-state index contributed by atoms with van der Waals surface area (Å²) in [6.45, 7) is 3.50. The number of carboxylic acids is 1. The SMILES string of the molecule is C=CCC(O)C(CC(=O)O)NC(=O)CNC(=O)c1cc(O)cc(NC2=NCC(O)CN2)c1. The number of guanidine groups is 1. The lowest BCUT2D eigenvalue weighted by Crippen LogP contribution is -2.48. The standard InChI is InChI=1S/C20H27N5O7/c1-2-3-16(28)15(7-18(30)31)25-17(29)10-21-19(32)11-4-12(6-13(26)5-11)24-20-22-8-14(27)9-23-20/h2,4-6,14-16,26-28H,1,3,7-10H2,(H,21,32)(H,25,29)(H,30,31)(H2,22,23,24). The highest BCUT2D eigenvalue weighted by Gasteiger charge is 2.23. The number of anilines is 1. The molecular weight excluding hydrogens is 422 g/mol. The first-order valence-electron chi connectivity index (χ1n) is 9.83. The molecule has 2 amide bonds. The minimum Gasteiger partial charge on any atom is -0.508 e. The predicted molar refractivity (Wildman–Crippen MR) is 115 cm³/mol. The van der Waals surface area contributed by atoms with Crippen LogP contribution in [0.3, 0.4) is 0 Å². The van der Waals surface area contributed by atoms with Gasteiger partial charge in [0, 0.05) is 23.9 Å². The third-order valence-electron chi connectivity index (χ3n) is 4.43. The zero-order chi connectivity index (χ0) is 23.7. The molecule has 12 nitrogen and oxygen atoms in total. The zero-order valence-electron chi connectivity index (χ0n) is 17.2. The van der Waals surface area contributed by atoms with Gasteiger partial charge in [-0.1, -0.05) is 6.08 Å². The highest BCUT2D eigenvalue weighted by atomic mass is 16.4. The van der Waals surface area contributed by atoms with Crippen LogP contribution in [-0.4, -0.2) is 82.1 Å². The maximum atomic E-state index is 12.4. The Morgan fingerprint density at radius 2 is 2.06 bits per heavy atom. The highest BCUT2D eigenvalue weighted by Crippen LogP contribution is 2.20. The van der Waals surface area contributed by atoms with Crippen LogP contribution in [-0.2, 0) is 9.59 Å². The van der Waals surface area contributed by atoms with E-state index in [-0.39, 0.29) is 24.3 Å². The van der Waals surface area contributed by atoms with Crippen molar-refractivity contribution in [3.63, 3.8) is 0 Å². The van der Waals surface area contributed by atoms with Gasteiger partial charge in [0.05, 0.1) is 37.8 Å². The summed E-state index contributed by atoms with van der Waals surface area (Å²) in [6.07, 6.45) is -0.739. The largest absolute Gasteiger partial charge is 0.508 e. The number of rotatable bonds is 10.